The first-order valence-electron chi connectivity index (χ1n) is 9.12. The number of likely N-dealkylation sites (tertiary alicyclic amines) is 1. The molecule has 0 spiro atoms. The highest BCUT2D eigenvalue weighted by atomic mass is 16.2. The maximum atomic E-state index is 12.6. The predicted octanol–water partition coefficient (Wildman–Crippen LogP) is 2.12. The quantitative estimate of drug-likeness (QED) is 0.764. The predicted molar refractivity (Wildman–Crippen MR) is 97.4 cm³/mol. The number of benzene rings is 1. The molecule has 6 heteroatoms. The van der Waals surface area contributed by atoms with Crippen molar-refractivity contribution in [3.05, 3.63) is 35.4 Å². The molecular weight excluding hydrogens is 316 g/mol. The summed E-state index contributed by atoms with van der Waals surface area (Å²) in [6, 6.07) is 7.95. The highest BCUT2D eigenvalue weighted by Crippen LogP contribution is 2.48. The van der Waals surface area contributed by atoms with Gasteiger partial charge in [0.05, 0.1) is 0 Å². The molecule has 6 nitrogen and oxygen atoms in total. The van der Waals surface area contributed by atoms with Gasteiger partial charge in [0.25, 0.3) is 0 Å². The standard InChI is InChI=1S/C19H28N4O2/c1-14-5-2-3-7-16(14)19(8-9-19)13-22-18(25)23-10-4-6-15(12-23)11-21-17(20)24/h2-3,5,7,15H,4,6,8-13H2,1H3,(H,22,25)(H3,20,21,24)/t15-/m1/s1. The second-order valence-corrected chi connectivity index (χ2v) is 7.45. The number of amides is 4. The minimum Gasteiger partial charge on any atom is -0.352 e. The SMILES string of the molecule is Cc1ccccc1C1(CNC(=O)N2CCC[C@H](CNC(N)=O)C2)CC1. The first-order valence-corrected chi connectivity index (χ1v) is 9.12. The summed E-state index contributed by atoms with van der Waals surface area (Å²) in [7, 11) is 0. The second kappa shape index (κ2) is 7.33. The normalized spacial score (nSPS) is 21.5. The lowest BCUT2D eigenvalue weighted by Gasteiger charge is -2.33. The van der Waals surface area contributed by atoms with E-state index in [9.17, 15) is 9.59 Å². The average Bonchev–Trinajstić information content (AvgIpc) is 3.39. The Morgan fingerprint density at radius 3 is 2.72 bits per heavy atom. The number of carbonyl (C=O) groups excluding carboxylic acids is 2. The number of primary amides is 1. The summed E-state index contributed by atoms with van der Waals surface area (Å²) in [5.41, 5.74) is 7.90. The van der Waals surface area contributed by atoms with Gasteiger partial charge in [-0.15, -0.1) is 0 Å². The Kier molecular flexibility index (Phi) is 5.16. The van der Waals surface area contributed by atoms with Gasteiger partial charge < -0.3 is 21.3 Å². The molecule has 4 N–H and O–H groups in total. The molecule has 1 heterocycles. The summed E-state index contributed by atoms with van der Waals surface area (Å²) < 4.78 is 0. The summed E-state index contributed by atoms with van der Waals surface area (Å²) >= 11 is 0. The fourth-order valence-electron chi connectivity index (χ4n) is 3.88. The van der Waals surface area contributed by atoms with E-state index in [4.69, 9.17) is 5.73 Å². The third kappa shape index (κ3) is 4.24. The van der Waals surface area contributed by atoms with Gasteiger partial charge in [0.1, 0.15) is 0 Å². The van der Waals surface area contributed by atoms with Gasteiger partial charge in [0, 0.05) is 31.6 Å². The lowest BCUT2D eigenvalue weighted by Crippen LogP contribution is -2.49. The van der Waals surface area contributed by atoms with E-state index in [2.05, 4.69) is 41.8 Å². The molecule has 1 aliphatic carbocycles. The van der Waals surface area contributed by atoms with Crippen molar-refractivity contribution in [2.45, 2.75) is 38.0 Å². The van der Waals surface area contributed by atoms with E-state index >= 15 is 0 Å². The van der Waals surface area contributed by atoms with Crippen molar-refractivity contribution in [2.75, 3.05) is 26.2 Å². The van der Waals surface area contributed by atoms with Crippen LogP contribution in [0.25, 0.3) is 0 Å². The third-order valence-corrected chi connectivity index (χ3v) is 5.52. The highest BCUT2D eigenvalue weighted by molar-refractivity contribution is 5.74. The van der Waals surface area contributed by atoms with Gasteiger partial charge in [-0.05, 0) is 49.7 Å². The van der Waals surface area contributed by atoms with Crippen LogP contribution in [0.15, 0.2) is 24.3 Å². The van der Waals surface area contributed by atoms with E-state index in [1.54, 1.807) is 0 Å². The van der Waals surface area contributed by atoms with Crippen molar-refractivity contribution >= 4 is 12.1 Å². The number of nitrogens with zero attached hydrogens (tertiary/aromatic N) is 1. The number of urea groups is 2. The molecule has 1 saturated carbocycles. The molecule has 0 radical (unpaired) electrons. The van der Waals surface area contributed by atoms with Crippen LogP contribution < -0.4 is 16.4 Å². The zero-order valence-electron chi connectivity index (χ0n) is 14.9. The van der Waals surface area contributed by atoms with E-state index in [-0.39, 0.29) is 17.4 Å². The minimum atomic E-state index is -0.504. The van der Waals surface area contributed by atoms with E-state index < -0.39 is 6.03 Å². The molecule has 25 heavy (non-hydrogen) atoms. The Morgan fingerprint density at radius 1 is 1.28 bits per heavy atom. The number of hydrogen-bond donors (Lipinski definition) is 3. The van der Waals surface area contributed by atoms with Gasteiger partial charge in [-0.25, -0.2) is 9.59 Å². The van der Waals surface area contributed by atoms with Crippen LogP contribution in [0.4, 0.5) is 9.59 Å². The van der Waals surface area contributed by atoms with Gasteiger partial charge in [-0.1, -0.05) is 24.3 Å². The number of piperidine rings is 1. The molecule has 1 atom stereocenters. The highest BCUT2D eigenvalue weighted by Gasteiger charge is 2.45. The first-order chi connectivity index (χ1) is 12.0. The van der Waals surface area contributed by atoms with Crippen molar-refractivity contribution in [1.29, 1.82) is 0 Å². The van der Waals surface area contributed by atoms with Crippen LogP contribution in [0.5, 0.6) is 0 Å². The van der Waals surface area contributed by atoms with Crippen LogP contribution in [0.1, 0.15) is 36.8 Å². The lowest BCUT2D eigenvalue weighted by atomic mass is 9.92. The minimum absolute atomic E-state index is 0.00336. The van der Waals surface area contributed by atoms with Crippen molar-refractivity contribution in [2.24, 2.45) is 11.7 Å². The van der Waals surface area contributed by atoms with Gasteiger partial charge in [-0.2, -0.15) is 0 Å². The fraction of sp³-hybridized carbons (Fsp3) is 0.579. The van der Waals surface area contributed by atoms with Crippen LogP contribution in [-0.4, -0.2) is 43.1 Å². The van der Waals surface area contributed by atoms with Gasteiger partial charge in [-0.3, -0.25) is 0 Å². The molecule has 1 aromatic rings. The average molecular weight is 344 g/mol. The Labute approximate surface area is 149 Å². The van der Waals surface area contributed by atoms with Crippen molar-refractivity contribution in [3.63, 3.8) is 0 Å². The maximum absolute atomic E-state index is 12.6. The fourth-order valence-corrected chi connectivity index (χ4v) is 3.88. The first kappa shape index (κ1) is 17.6. The largest absolute Gasteiger partial charge is 0.352 e. The number of nitrogens with two attached hydrogens (primary N) is 1. The number of carbonyl (C=O) groups is 2. The molecule has 4 amide bonds. The number of aryl methyl sites for hydroxylation is 1. The molecule has 0 aromatic heterocycles. The molecule has 2 fully saturated rings. The van der Waals surface area contributed by atoms with Crippen LogP contribution in [0, 0.1) is 12.8 Å². The summed E-state index contributed by atoms with van der Waals surface area (Å²) in [4.78, 5) is 25.3. The Hall–Kier alpha value is -2.24. The van der Waals surface area contributed by atoms with Crippen molar-refractivity contribution < 1.29 is 9.59 Å². The number of rotatable bonds is 5. The summed E-state index contributed by atoms with van der Waals surface area (Å²) in [6.07, 6.45) is 4.23. The van der Waals surface area contributed by atoms with E-state index in [0.29, 0.717) is 19.6 Å². The van der Waals surface area contributed by atoms with Crippen LogP contribution in [-0.2, 0) is 5.41 Å². The van der Waals surface area contributed by atoms with Gasteiger partial charge in [0.15, 0.2) is 0 Å². The Bertz CT molecular complexity index is 642. The molecule has 1 saturated heterocycles. The summed E-state index contributed by atoms with van der Waals surface area (Å²) in [5, 5.41) is 5.79. The monoisotopic (exact) mass is 344 g/mol. The summed E-state index contributed by atoms with van der Waals surface area (Å²) in [6.45, 7) is 4.81. The molecule has 3 rings (SSSR count). The smallest absolute Gasteiger partial charge is 0.317 e. The molecule has 0 bridgehead atoms. The number of nitrogens with one attached hydrogen (secondary N) is 2. The van der Waals surface area contributed by atoms with Gasteiger partial charge >= 0.3 is 12.1 Å². The van der Waals surface area contributed by atoms with Crippen LogP contribution >= 0.6 is 0 Å². The van der Waals surface area contributed by atoms with Crippen molar-refractivity contribution in [1.82, 2.24) is 15.5 Å². The molecule has 0 unspecified atom stereocenters. The Morgan fingerprint density at radius 2 is 2.04 bits per heavy atom. The van der Waals surface area contributed by atoms with Crippen LogP contribution in [0.3, 0.4) is 0 Å². The van der Waals surface area contributed by atoms with Crippen LogP contribution in [0.2, 0.25) is 0 Å². The molecular formula is C19H28N4O2. The number of hydrogen-bond acceptors (Lipinski definition) is 2. The topological polar surface area (TPSA) is 87.5 Å². The lowest BCUT2D eigenvalue weighted by molar-refractivity contribution is 0.164. The third-order valence-electron chi connectivity index (χ3n) is 5.52. The molecule has 2 aliphatic rings. The molecule has 1 aromatic carbocycles. The van der Waals surface area contributed by atoms with E-state index in [0.717, 1.165) is 32.2 Å². The zero-order chi connectivity index (χ0) is 17.9. The second-order valence-electron chi connectivity index (χ2n) is 7.45. The Balaban J connectivity index is 1.52. The molecule has 136 valence electrons. The molecule has 1 aliphatic heterocycles. The van der Waals surface area contributed by atoms with E-state index in [1.165, 1.54) is 11.1 Å². The van der Waals surface area contributed by atoms with E-state index in [1.807, 2.05) is 4.90 Å². The maximum Gasteiger partial charge on any atom is 0.317 e. The van der Waals surface area contributed by atoms with Gasteiger partial charge in [0.2, 0.25) is 0 Å². The summed E-state index contributed by atoms with van der Waals surface area (Å²) in [5.74, 6) is 0.276. The van der Waals surface area contributed by atoms with Crippen molar-refractivity contribution in [3.8, 4) is 0 Å². The zero-order valence-corrected chi connectivity index (χ0v) is 14.9.